The maximum atomic E-state index is 8.34. The molecule has 0 radical (unpaired) electrons. The molecule has 0 fully saturated rings. The minimum Gasteiger partial charge on any atom is -0.309 e. The van der Waals surface area contributed by atoms with Crippen molar-refractivity contribution in [3.63, 3.8) is 0 Å². The molecule has 0 saturated heterocycles. The molecule has 0 saturated carbocycles. The van der Waals surface area contributed by atoms with Crippen LogP contribution >= 0.6 is 0 Å². The predicted molar refractivity (Wildman–Crippen MR) is 46.3 cm³/mol. The fourth-order valence-corrected chi connectivity index (χ4v) is 0.857. The van der Waals surface area contributed by atoms with Crippen molar-refractivity contribution in [2.75, 3.05) is 40.8 Å². The molecule has 0 amide bonds. The molecule has 0 heterocycles. The number of hydrogen-bond donors (Lipinski definition) is 0. The first-order valence-corrected chi connectivity index (χ1v) is 3.87. The summed E-state index contributed by atoms with van der Waals surface area (Å²) in [6.45, 7) is 2.63. The lowest BCUT2D eigenvalue weighted by atomic mass is 10.4. The van der Waals surface area contributed by atoms with Crippen LogP contribution in [0.3, 0.4) is 0 Å². The van der Waals surface area contributed by atoms with E-state index in [1.165, 1.54) is 0 Å². The molecule has 0 rings (SSSR count). The van der Waals surface area contributed by atoms with E-state index >= 15 is 0 Å². The third-order valence-corrected chi connectivity index (χ3v) is 1.49. The minimum atomic E-state index is 0.535. The Morgan fingerprint density at radius 3 is 2.27 bits per heavy atom. The number of hydrogen-bond acceptors (Lipinski definition) is 3. The van der Waals surface area contributed by atoms with E-state index in [0.717, 1.165) is 19.5 Å². The first kappa shape index (κ1) is 10.4. The molecule has 3 heteroatoms. The van der Waals surface area contributed by atoms with Gasteiger partial charge in [0.25, 0.3) is 0 Å². The zero-order valence-corrected chi connectivity index (χ0v) is 7.67. The quantitative estimate of drug-likeness (QED) is 0.538. The van der Waals surface area contributed by atoms with E-state index in [9.17, 15) is 0 Å². The molecule has 0 aliphatic rings. The van der Waals surface area contributed by atoms with Gasteiger partial charge in [-0.1, -0.05) is 0 Å². The molecule has 0 aromatic carbocycles. The van der Waals surface area contributed by atoms with E-state index in [4.69, 9.17) is 5.26 Å². The third kappa shape index (κ3) is 7.31. The summed E-state index contributed by atoms with van der Waals surface area (Å²) < 4.78 is 0. The topological polar surface area (TPSA) is 30.3 Å². The number of nitrogens with zero attached hydrogens (tertiary/aromatic N) is 3. The summed E-state index contributed by atoms with van der Waals surface area (Å²) in [5.74, 6) is 0. The summed E-state index contributed by atoms with van der Waals surface area (Å²) in [5, 5.41) is 8.34. The molecule has 0 aliphatic carbocycles. The van der Waals surface area contributed by atoms with Crippen LogP contribution in [0.5, 0.6) is 0 Å². The molecule has 3 nitrogen and oxygen atoms in total. The summed E-state index contributed by atoms with van der Waals surface area (Å²) in [5.41, 5.74) is 0. The largest absolute Gasteiger partial charge is 0.309 e. The second kappa shape index (κ2) is 6.14. The normalized spacial score (nSPS) is 10.5. The average molecular weight is 155 g/mol. The fourth-order valence-electron chi connectivity index (χ4n) is 0.857. The van der Waals surface area contributed by atoms with Crippen LogP contribution < -0.4 is 0 Å². The molecule has 0 unspecified atom stereocenters. The molecule has 0 spiro atoms. The van der Waals surface area contributed by atoms with Crippen LogP contribution in [0.1, 0.15) is 6.42 Å². The third-order valence-electron chi connectivity index (χ3n) is 1.49. The van der Waals surface area contributed by atoms with Crippen molar-refractivity contribution < 1.29 is 0 Å². The molecule has 11 heavy (non-hydrogen) atoms. The predicted octanol–water partition coefficient (Wildman–Crippen LogP) is 0.393. The monoisotopic (exact) mass is 155 g/mol. The van der Waals surface area contributed by atoms with Crippen LogP contribution in [0, 0.1) is 11.3 Å². The van der Waals surface area contributed by atoms with Crippen molar-refractivity contribution >= 4 is 0 Å². The van der Waals surface area contributed by atoms with Gasteiger partial charge < -0.3 is 4.90 Å². The Morgan fingerprint density at radius 1 is 1.18 bits per heavy atom. The van der Waals surface area contributed by atoms with Gasteiger partial charge in [0.05, 0.1) is 12.6 Å². The minimum absolute atomic E-state index is 0.535. The highest BCUT2D eigenvalue weighted by molar-refractivity contribution is 4.73. The maximum absolute atomic E-state index is 8.34. The average Bonchev–Trinajstić information content (AvgIpc) is 1.87. The zero-order valence-electron chi connectivity index (χ0n) is 7.67. The van der Waals surface area contributed by atoms with Gasteiger partial charge in [0.2, 0.25) is 0 Å². The van der Waals surface area contributed by atoms with Crippen molar-refractivity contribution in [3.8, 4) is 6.07 Å². The van der Waals surface area contributed by atoms with Crippen LogP contribution in [-0.2, 0) is 0 Å². The van der Waals surface area contributed by atoms with Gasteiger partial charge in [-0.05, 0) is 34.1 Å². The fraction of sp³-hybridized carbons (Fsp3) is 0.875. The molecule has 0 aromatic rings. The molecular formula is C8H17N3. The van der Waals surface area contributed by atoms with Crippen LogP contribution in [0.15, 0.2) is 0 Å². The summed E-state index contributed by atoms with van der Waals surface area (Å²) >= 11 is 0. The number of rotatable bonds is 5. The van der Waals surface area contributed by atoms with Crippen molar-refractivity contribution in [3.05, 3.63) is 0 Å². The summed E-state index contributed by atoms with van der Waals surface area (Å²) in [6.07, 6.45) is 1.13. The van der Waals surface area contributed by atoms with Gasteiger partial charge in [0.1, 0.15) is 0 Å². The van der Waals surface area contributed by atoms with E-state index in [1.54, 1.807) is 0 Å². The van der Waals surface area contributed by atoms with Gasteiger partial charge in [0.15, 0.2) is 0 Å². The van der Waals surface area contributed by atoms with Crippen molar-refractivity contribution in [2.45, 2.75) is 6.42 Å². The smallest absolute Gasteiger partial charge is 0.0863 e. The molecule has 0 aliphatic heterocycles. The van der Waals surface area contributed by atoms with Gasteiger partial charge in [-0.25, -0.2) is 0 Å². The molecule has 64 valence electrons. The summed E-state index contributed by atoms with van der Waals surface area (Å²) in [7, 11) is 6.09. The maximum Gasteiger partial charge on any atom is 0.0863 e. The Bertz CT molecular complexity index is 126. The van der Waals surface area contributed by atoms with Crippen LogP contribution in [0.25, 0.3) is 0 Å². The van der Waals surface area contributed by atoms with Crippen LogP contribution in [0.2, 0.25) is 0 Å². The highest BCUT2D eigenvalue weighted by atomic mass is 15.1. The standard InChI is InChI=1S/C8H17N3/c1-10(2)6-4-7-11(3)8-5-9/h4,6-8H2,1-3H3. The van der Waals surface area contributed by atoms with Crippen molar-refractivity contribution in [1.29, 1.82) is 5.26 Å². The zero-order chi connectivity index (χ0) is 8.69. The Labute approximate surface area is 69.2 Å². The summed E-state index contributed by atoms with van der Waals surface area (Å²) in [6, 6.07) is 2.12. The van der Waals surface area contributed by atoms with E-state index in [-0.39, 0.29) is 0 Å². The Hall–Kier alpha value is -0.590. The second-order valence-corrected chi connectivity index (χ2v) is 3.05. The molecule has 0 N–H and O–H groups in total. The van der Waals surface area contributed by atoms with Crippen molar-refractivity contribution in [1.82, 2.24) is 9.80 Å². The molecule has 0 bridgehead atoms. The lowest BCUT2D eigenvalue weighted by Gasteiger charge is -2.14. The number of nitriles is 1. The molecule has 0 atom stereocenters. The van der Waals surface area contributed by atoms with Gasteiger partial charge >= 0.3 is 0 Å². The second-order valence-electron chi connectivity index (χ2n) is 3.05. The van der Waals surface area contributed by atoms with Crippen LogP contribution in [0.4, 0.5) is 0 Å². The summed E-state index contributed by atoms with van der Waals surface area (Å²) in [4.78, 5) is 4.18. The van der Waals surface area contributed by atoms with E-state index in [2.05, 4.69) is 25.1 Å². The Balaban J connectivity index is 3.18. The van der Waals surface area contributed by atoms with Gasteiger partial charge in [-0.2, -0.15) is 5.26 Å². The van der Waals surface area contributed by atoms with E-state index in [0.29, 0.717) is 6.54 Å². The van der Waals surface area contributed by atoms with Crippen molar-refractivity contribution in [2.24, 2.45) is 0 Å². The highest BCUT2D eigenvalue weighted by Gasteiger charge is 1.96. The van der Waals surface area contributed by atoms with E-state index < -0.39 is 0 Å². The van der Waals surface area contributed by atoms with Gasteiger partial charge in [-0.3, -0.25) is 4.90 Å². The van der Waals surface area contributed by atoms with E-state index in [1.807, 2.05) is 11.9 Å². The molecule has 0 aromatic heterocycles. The Kier molecular flexibility index (Phi) is 5.81. The van der Waals surface area contributed by atoms with Gasteiger partial charge in [0, 0.05) is 6.54 Å². The van der Waals surface area contributed by atoms with Crippen LogP contribution in [-0.4, -0.2) is 50.6 Å². The lowest BCUT2D eigenvalue weighted by molar-refractivity contribution is 0.324. The highest BCUT2D eigenvalue weighted by Crippen LogP contribution is 1.87. The molecular weight excluding hydrogens is 138 g/mol. The Morgan fingerprint density at radius 2 is 1.82 bits per heavy atom. The SMILES string of the molecule is CN(C)CCCN(C)CC#N. The van der Waals surface area contributed by atoms with Gasteiger partial charge in [-0.15, -0.1) is 0 Å². The first-order chi connectivity index (χ1) is 5.16. The first-order valence-electron chi connectivity index (χ1n) is 3.87. The lowest BCUT2D eigenvalue weighted by Crippen LogP contribution is -2.23.